The molecule has 0 spiro atoms. The average molecular weight is 469 g/mol. The molecule has 0 amide bonds. The first-order valence-electron chi connectivity index (χ1n) is 12.9. The van der Waals surface area contributed by atoms with Crippen molar-refractivity contribution < 1.29 is 19.7 Å². The maximum atomic E-state index is 12.6. The van der Waals surface area contributed by atoms with Crippen molar-refractivity contribution in [1.82, 2.24) is 0 Å². The summed E-state index contributed by atoms with van der Waals surface area (Å²) < 4.78 is 5.55. The lowest BCUT2D eigenvalue weighted by Crippen LogP contribution is -2.26. The Labute approximate surface area is 206 Å². The Hall–Kier alpha value is -2.49. The van der Waals surface area contributed by atoms with Crippen LogP contribution in [0.5, 0.6) is 11.5 Å². The van der Waals surface area contributed by atoms with E-state index < -0.39 is 5.41 Å². The number of benzene rings is 2. The number of phenolic OH excluding ortho intramolecular Hbond substituents is 2. The van der Waals surface area contributed by atoms with Crippen molar-refractivity contribution >= 4 is 5.97 Å². The van der Waals surface area contributed by atoms with Crippen LogP contribution in [0, 0.1) is 27.7 Å². The van der Waals surface area contributed by atoms with Crippen molar-refractivity contribution in [2.75, 3.05) is 6.61 Å². The smallest absolute Gasteiger partial charge is 0.305 e. The third-order valence-electron chi connectivity index (χ3n) is 7.10. The Morgan fingerprint density at radius 2 is 1.18 bits per heavy atom. The minimum absolute atomic E-state index is 0.170. The van der Waals surface area contributed by atoms with E-state index in [2.05, 4.69) is 13.8 Å². The van der Waals surface area contributed by atoms with Crippen molar-refractivity contribution in [1.29, 1.82) is 0 Å². The highest BCUT2D eigenvalue weighted by molar-refractivity contribution is 5.69. The van der Waals surface area contributed by atoms with Gasteiger partial charge in [0.05, 0.1) is 6.61 Å². The molecule has 0 aromatic heterocycles. The summed E-state index contributed by atoms with van der Waals surface area (Å²) in [6, 6.07) is 8.01. The van der Waals surface area contributed by atoms with Crippen LogP contribution < -0.4 is 0 Å². The summed E-state index contributed by atoms with van der Waals surface area (Å²) in [6.45, 7) is 12.4. The van der Waals surface area contributed by atoms with Crippen LogP contribution in [0.4, 0.5) is 0 Å². The quantitative estimate of drug-likeness (QED) is 0.233. The standard InChI is InChI=1S/C30H44O4/c1-7-8-9-10-11-12-13-16-34-27(31)14-15-30(6,25-17-21(2)28(32)22(3)18-25)26-19-23(4)29(33)24(5)20-26/h17-20,32-33H,7-16H2,1-6H3. The fourth-order valence-corrected chi connectivity index (χ4v) is 4.67. The lowest BCUT2D eigenvalue weighted by Gasteiger charge is -2.32. The van der Waals surface area contributed by atoms with Crippen molar-refractivity contribution in [3.63, 3.8) is 0 Å². The van der Waals surface area contributed by atoms with Gasteiger partial charge in [-0.2, -0.15) is 0 Å². The van der Waals surface area contributed by atoms with Crippen LogP contribution in [0.2, 0.25) is 0 Å². The van der Waals surface area contributed by atoms with Crippen molar-refractivity contribution in [2.24, 2.45) is 0 Å². The Morgan fingerprint density at radius 3 is 1.62 bits per heavy atom. The molecule has 0 saturated carbocycles. The van der Waals surface area contributed by atoms with Crippen LogP contribution in [0.15, 0.2) is 24.3 Å². The Morgan fingerprint density at radius 1 is 0.765 bits per heavy atom. The van der Waals surface area contributed by atoms with Gasteiger partial charge < -0.3 is 14.9 Å². The number of ether oxygens (including phenoxy) is 1. The van der Waals surface area contributed by atoms with E-state index in [1.807, 2.05) is 52.0 Å². The SMILES string of the molecule is CCCCCCCCCOC(=O)CCC(C)(c1cc(C)c(O)c(C)c1)c1cc(C)c(O)c(C)c1. The molecule has 0 aliphatic rings. The first-order valence-corrected chi connectivity index (χ1v) is 12.9. The molecule has 0 fully saturated rings. The van der Waals surface area contributed by atoms with Gasteiger partial charge in [-0.05, 0) is 73.9 Å². The van der Waals surface area contributed by atoms with Gasteiger partial charge in [0.25, 0.3) is 0 Å². The second-order valence-corrected chi connectivity index (χ2v) is 10.1. The highest BCUT2D eigenvalue weighted by atomic mass is 16.5. The summed E-state index contributed by atoms with van der Waals surface area (Å²) in [5, 5.41) is 20.6. The summed E-state index contributed by atoms with van der Waals surface area (Å²) >= 11 is 0. The summed E-state index contributed by atoms with van der Waals surface area (Å²) in [5.74, 6) is 0.438. The van der Waals surface area contributed by atoms with E-state index in [0.29, 0.717) is 30.9 Å². The predicted octanol–water partition coefficient (Wildman–Crippen LogP) is 7.71. The van der Waals surface area contributed by atoms with Gasteiger partial charge in [0, 0.05) is 11.8 Å². The van der Waals surface area contributed by atoms with Gasteiger partial charge in [0.2, 0.25) is 0 Å². The highest BCUT2D eigenvalue weighted by Crippen LogP contribution is 2.41. The fraction of sp³-hybridized carbons (Fsp3) is 0.567. The summed E-state index contributed by atoms with van der Waals surface area (Å²) in [4.78, 5) is 12.6. The van der Waals surface area contributed by atoms with E-state index in [1.165, 1.54) is 32.1 Å². The third kappa shape index (κ3) is 7.25. The predicted molar refractivity (Wildman–Crippen MR) is 140 cm³/mol. The third-order valence-corrected chi connectivity index (χ3v) is 7.10. The topological polar surface area (TPSA) is 66.8 Å². The molecule has 2 rings (SSSR count). The monoisotopic (exact) mass is 468 g/mol. The number of esters is 1. The van der Waals surface area contributed by atoms with E-state index in [-0.39, 0.29) is 5.97 Å². The number of aromatic hydroxyl groups is 2. The molecule has 0 radical (unpaired) electrons. The second-order valence-electron chi connectivity index (χ2n) is 10.1. The molecule has 0 saturated heterocycles. The zero-order valence-electron chi connectivity index (χ0n) is 22.1. The van der Waals surface area contributed by atoms with Crippen LogP contribution in [-0.4, -0.2) is 22.8 Å². The Bertz CT molecular complexity index is 857. The summed E-state index contributed by atoms with van der Waals surface area (Å²) in [5.41, 5.74) is 4.88. The van der Waals surface area contributed by atoms with Crippen LogP contribution >= 0.6 is 0 Å². The van der Waals surface area contributed by atoms with E-state index in [9.17, 15) is 15.0 Å². The van der Waals surface area contributed by atoms with Gasteiger partial charge in [-0.1, -0.05) is 76.6 Å². The van der Waals surface area contributed by atoms with Gasteiger partial charge in [-0.15, -0.1) is 0 Å². The lowest BCUT2D eigenvalue weighted by molar-refractivity contribution is -0.144. The molecule has 0 aliphatic heterocycles. The van der Waals surface area contributed by atoms with E-state index >= 15 is 0 Å². The molecule has 188 valence electrons. The molecule has 4 heteroatoms. The van der Waals surface area contributed by atoms with Crippen LogP contribution in [-0.2, 0) is 14.9 Å². The fourth-order valence-electron chi connectivity index (χ4n) is 4.67. The largest absolute Gasteiger partial charge is 0.507 e. The van der Waals surface area contributed by atoms with Gasteiger partial charge in [0.1, 0.15) is 11.5 Å². The Balaban J connectivity index is 2.12. The average Bonchev–Trinajstić information content (AvgIpc) is 2.80. The lowest BCUT2D eigenvalue weighted by atomic mass is 9.71. The van der Waals surface area contributed by atoms with E-state index in [1.54, 1.807) is 0 Å². The summed E-state index contributed by atoms with van der Waals surface area (Å²) in [7, 11) is 0. The van der Waals surface area contributed by atoms with Crippen molar-refractivity contribution in [3.05, 3.63) is 57.6 Å². The molecule has 4 nitrogen and oxygen atoms in total. The molecule has 2 N–H and O–H groups in total. The first-order chi connectivity index (χ1) is 16.1. The molecule has 34 heavy (non-hydrogen) atoms. The van der Waals surface area contributed by atoms with E-state index in [0.717, 1.165) is 46.2 Å². The molecule has 0 aliphatic carbocycles. The second kappa shape index (κ2) is 12.8. The number of aryl methyl sites for hydroxylation is 4. The number of hydrogen-bond acceptors (Lipinski definition) is 4. The number of phenols is 2. The number of unbranched alkanes of at least 4 members (excludes halogenated alkanes) is 6. The number of rotatable bonds is 13. The first kappa shape index (κ1) is 27.8. The number of carbonyl (C=O) groups excluding carboxylic acids is 1. The van der Waals surface area contributed by atoms with Gasteiger partial charge in [-0.25, -0.2) is 0 Å². The molecule has 0 atom stereocenters. The van der Waals surface area contributed by atoms with Crippen LogP contribution in [0.3, 0.4) is 0 Å². The molecular formula is C30H44O4. The molecule has 0 bridgehead atoms. The van der Waals surface area contributed by atoms with E-state index in [4.69, 9.17) is 4.74 Å². The summed E-state index contributed by atoms with van der Waals surface area (Å²) in [6.07, 6.45) is 9.22. The maximum absolute atomic E-state index is 12.6. The minimum atomic E-state index is -0.468. The molecule has 0 unspecified atom stereocenters. The molecular weight excluding hydrogens is 424 g/mol. The van der Waals surface area contributed by atoms with Crippen LogP contribution in [0.25, 0.3) is 0 Å². The normalized spacial score (nSPS) is 11.6. The van der Waals surface area contributed by atoms with Crippen molar-refractivity contribution in [2.45, 2.75) is 105 Å². The van der Waals surface area contributed by atoms with Crippen molar-refractivity contribution in [3.8, 4) is 11.5 Å². The van der Waals surface area contributed by atoms with Gasteiger partial charge in [0.15, 0.2) is 0 Å². The zero-order chi connectivity index (χ0) is 25.3. The molecule has 0 heterocycles. The highest BCUT2D eigenvalue weighted by Gasteiger charge is 2.32. The van der Waals surface area contributed by atoms with Gasteiger partial charge >= 0.3 is 5.97 Å². The number of hydrogen-bond donors (Lipinski definition) is 2. The minimum Gasteiger partial charge on any atom is -0.507 e. The zero-order valence-corrected chi connectivity index (χ0v) is 22.1. The number of carbonyl (C=O) groups is 1. The molecule has 2 aromatic carbocycles. The Kier molecular flexibility index (Phi) is 10.5. The van der Waals surface area contributed by atoms with Gasteiger partial charge in [-0.3, -0.25) is 4.79 Å². The maximum Gasteiger partial charge on any atom is 0.305 e. The van der Waals surface area contributed by atoms with Crippen LogP contribution in [0.1, 0.15) is 105 Å². The molecule has 2 aromatic rings.